The van der Waals surface area contributed by atoms with Gasteiger partial charge in [-0.3, -0.25) is 4.79 Å². The average Bonchev–Trinajstić information content (AvgIpc) is 2.26. The van der Waals surface area contributed by atoms with Crippen LogP contribution >= 0.6 is 11.6 Å². The van der Waals surface area contributed by atoms with Crippen molar-refractivity contribution in [3.63, 3.8) is 0 Å². The Labute approximate surface area is 104 Å². The van der Waals surface area contributed by atoms with E-state index in [-0.39, 0.29) is 16.9 Å². The number of aliphatic hydroxyl groups is 1. The summed E-state index contributed by atoms with van der Waals surface area (Å²) in [5.74, 6) is 0.0538. The van der Waals surface area contributed by atoms with Crippen LogP contribution in [0.4, 0.5) is 5.82 Å². The molecule has 0 bridgehead atoms. The van der Waals surface area contributed by atoms with Crippen molar-refractivity contribution in [1.29, 1.82) is 0 Å². The topological polar surface area (TPSA) is 79.5 Å². The molecule has 2 rings (SSSR count). The van der Waals surface area contributed by atoms with Gasteiger partial charge in [0.2, 0.25) is 0 Å². The monoisotopic (exact) mass is 255 g/mol. The zero-order valence-corrected chi connectivity index (χ0v) is 10.0. The van der Waals surface area contributed by atoms with Gasteiger partial charge in [-0.1, -0.05) is 11.6 Å². The highest BCUT2D eigenvalue weighted by atomic mass is 35.5. The Bertz CT molecular complexity index is 418. The number of amides is 1. The van der Waals surface area contributed by atoms with E-state index in [9.17, 15) is 9.90 Å². The van der Waals surface area contributed by atoms with Crippen molar-refractivity contribution in [2.75, 3.05) is 18.8 Å². The van der Waals surface area contributed by atoms with Gasteiger partial charge in [0.05, 0.1) is 6.10 Å². The molecule has 0 spiro atoms. The first kappa shape index (κ1) is 12.1. The highest BCUT2D eigenvalue weighted by molar-refractivity contribution is 6.29. The molecule has 1 saturated heterocycles. The number of halogens is 1. The molecule has 1 aromatic heterocycles. The molecule has 0 aliphatic carbocycles. The van der Waals surface area contributed by atoms with Gasteiger partial charge in [0.1, 0.15) is 11.0 Å². The van der Waals surface area contributed by atoms with Gasteiger partial charge in [-0.25, -0.2) is 4.98 Å². The molecular weight excluding hydrogens is 242 g/mol. The third-order valence-electron chi connectivity index (χ3n) is 2.74. The van der Waals surface area contributed by atoms with Crippen LogP contribution in [-0.2, 0) is 0 Å². The second kappa shape index (κ2) is 4.89. The Hall–Kier alpha value is -1.33. The number of hydrogen-bond acceptors (Lipinski definition) is 4. The van der Waals surface area contributed by atoms with Crippen LogP contribution in [0.5, 0.6) is 0 Å². The van der Waals surface area contributed by atoms with E-state index in [0.717, 1.165) is 12.8 Å². The molecule has 0 saturated carbocycles. The molecule has 6 heteroatoms. The summed E-state index contributed by atoms with van der Waals surface area (Å²) in [7, 11) is 0. The summed E-state index contributed by atoms with van der Waals surface area (Å²) in [6, 6.07) is 2.98. The lowest BCUT2D eigenvalue weighted by molar-refractivity contribution is 0.0473. The van der Waals surface area contributed by atoms with Crippen molar-refractivity contribution in [3.05, 3.63) is 22.8 Å². The smallest absolute Gasteiger partial charge is 0.254 e. The van der Waals surface area contributed by atoms with Crippen molar-refractivity contribution in [2.45, 2.75) is 18.9 Å². The number of nitrogen functional groups attached to an aromatic ring is 1. The van der Waals surface area contributed by atoms with Gasteiger partial charge in [-0.15, -0.1) is 0 Å². The molecule has 5 nitrogen and oxygen atoms in total. The van der Waals surface area contributed by atoms with Gasteiger partial charge < -0.3 is 15.7 Å². The van der Waals surface area contributed by atoms with E-state index in [4.69, 9.17) is 17.3 Å². The summed E-state index contributed by atoms with van der Waals surface area (Å²) in [6.45, 7) is 1.01. The Morgan fingerprint density at radius 3 is 3.00 bits per heavy atom. The lowest BCUT2D eigenvalue weighted by atomic mass is 10.1. The summed E-state index contributed by atoms with van der Waals surface area (Å²) in [6.07, 6.45) is 1.10. The van der Waals surface area contributed by atoms with Crippen LogP contribution < -0.4 is 5.73 Å². The standard InChI is InChI=1S/C11H14ClN3O2/c12-9-4-7(5-10(13)14-9)11(17)15-3-1-2-8(16)6-15/h4-5,8,16H,1-3,6H2,(H2,13,14). The Balaban J connectivity index is 2.18. The number of hydrogen-bond donors (Lipinski definition) is 2. The molecule has 2 heterocycles. The zero-order chi connectivity index (χ0) is 12.4. The minimum absolute atomic E-state index is 0.167. The average molecular weight is 256 g/mol. The quantitative estimate of drug-likeness (QED) is 0.731. The fourth-order valence-corrected chi connectivity index (χ4v) is 2.18. The van der Waals surface area contributed by atoms with E-state index in [1.54, 1.807) is 4.90 Å². The second-order valence-corrected chi connectivity index (χ2v) is 4.54. The number of likely N-dealkylation sites (tertiary alicyclic amines) is 1. The Morgan fingerprint density at radius 2 is 2.35 bits per heavy atom. The van der Waals surface area contributed by atoms with E-state index < -0.39 is 6.10 Å². The summed E-state index contributed by atoms with van der Waals surface area (Å²) >= 11 is 5.75. The number of pyridine rings is 1. The van der Waals surface area contributed by atoms with Crippen LogP contribution in [0.2, 0.25) is 5.15 Å². The molecular formula is C11H14ClN3O2. The molecule has 1 unspecified atom stereocenters. The number of anilines is 1. The van der Waals surface area contributed by atoms with E-state index in [1.807, 2.05) is 0 Å². The molecule has 3 N–H and O–H groups in total. The fraction of sp³-hybridized carbons (Fsp3) is 0.455. The van der Waals surface area contributed by atoms with E-state index in [0.29, 0.717) is 18.7 Å². The van der Waals surface area contributed by atoms with Gasteiger partial charge >= 0.3 is 0 Å². The number of piperidine rings is 1. The fourth-order valence-electron chi connectivity index (χ4n) is 1.96. The summed E-state index contributed by atoms with van der Waals surface area (Å²) in [4.78, 5) is 17.5. The minimum atomic E-state index is -0.442. The minimum Gasteiger partial charge on any atom is -0.391 e. The molecule has 1 aliphatic heterocycles. The molecule has 0 radical (unpaired) electrons. The lowest BCUT2D eigenvalue weighted by Gasteiger charge is -2.30. The number of β-amino-alcohol motifs (C(OH)–C–C–N with tert-alkyl or cyclic N) is 1. The predicted octanol–water partition coefficient (Wildman–Crippen LogP) is 0.914. The summed E-state index contributed by atoms with van der Waals surface area (Å²) in [5, 5.41) is 9.73. The van der Waals surface area contributed by atoms with Gasteiger partial charge in [-0.2, -0.15) is 0 Å². The normalized spacial score (nSPS) is 20.4. The number of aliphatic hydroxyl groups excluding tert-OH is 1. The molecule has 1 aliphatic rings. The third kappa shape index (κ3) is 2.87. The Kier molecular flexibility index (Phi) is 3.49. The molecule has 92 valence electrons. The first-order valence-electron chi connectivity index (χ1n) is 5.46. The Morgan fingerprint density at radius 1 is 1.59 bits per heavy atom. The largest absolute Gasteiger partial charge is 0.391 e. The van der Waals surface area contributed by atoms with Gasteiger partial charge in [-0.05, 0) is 25.0 Å². The van der Waals surface area contributed by atoms with Gasteiger partial charge in [0.25, 0.3) is 5.91 Å². The van der Waals surface area contributed by atoms with Gasteiger partial charge in [0, 0.05) is 18.7 Å². The molecule has 17 heavy (non-hydrogen) atoms. The molecule has 1 aromatic rings. The van der Waals surface area contributed by atoms with Gasteiger partial charge in [0.15, 0.2) is 0 Å². The van der Waals surface area contributed by atoms with Crippen molar-refractivity contribution >= 4 is 23.3 Å². The lowest BCUT2D eigenvalue weighted by Crippen LogP contribution is -2.42. The van der Waals surface area contributed by atoms with Crippen molar-refractivity contribution in [2.24, 2.45) is 0 Å². The van der Waals surface area contributed by atoms with Crippen molar-refractivity contribution in [1.82, 2.24) is 9.88 Å². The van der Waals surface area contributed by atoms with Crippen LogP contribution in [0, 0.1) is 0 Å². The number of rotatable bonds is 1. The maximum absolute atomic E-state index is 12.1. The number of carbonyl (C=O) groups excluding carboxylic acids is 1. The molecule has 0 aromatic carbocycles. The van der Waals surface area contributed by atoms with Crippen LogP contribution in [0.25, 0.3) is 0 Å². The molecule has 1 fully saturated rings. The van der Waals surface area contributed by atoms with E-state index in [1.165, 1.54) is 12.1 Å². The summed E-state index contributed by atoms with van der Waals surface area (Å²) in [5.41, 5.74) is 5.95. The maximum atomic E-state index is 12.1. The first-order valence-corrected chi connectivity index (χ1v) is 5.84. The molecule has 1 atom stereocenters. The number of aromatic nitrogens is 1. The van der Waals surface area contributed by atoms with Crippen molar-refractivity contribution < 1.29 is 9.90 Å². The van der Waals surface area contributed by atoms with Crippen LogP contribution in [0.3, 0.4) is 0 Å². The van der Waals surface area contributed by atoms with E-state index >= 15 is 0 Å². The number of nitrogens with zero attached hydrogens (tertiary/aromatic N) is 2. The second-order valence-electron chi connectivity index (χ2n) is 4.15. The van der Waals surface area contributed by atoms with Crippen LogP contribution in [0.1, 0.15) is 23.2 Å². The number of nitrogens with two attached hydrogens (primary N) is 1. The van der Waals surface area contributed by atoms with Crippen molar-refractivity contribution in [3.8, 4) is 0 Å². The molecule has 1 amide bonds. The summed E-state index contributed by atoms with van der Waals surface area (Å²) < 4.78 is 0. The highest BCUT2D eigenvalue weighted by Crippen LogP contribution is 2.17. The maximum Gasteiger partial charge on any atom is 0.254 e. The highest BCUT2D eigenvalue weighted by Gasteiger charge is 2.23. The zero-order valence-electron chi connectivity index (χ0n) is 9.27. The van der Waals surface area contributed by atoms with Crippen LogP contribution in [-0.4, -0.2) is 40.1 Å². The number of carbonyl (C=O) groups is 1. The van der Waals surface area contributed by atoms with Crippen LogP contribution in [0.15, 0.2) is 12.1 Å². The SMILES string of the molecule is Nc1cc(C(=O)N2CCCC(O)C2)cc(Cl)n1. The predicted molar refractivity (Wildman–Crippen MR) is 64.8 cm³/mol. The third-order valence-corrected chi connectivity index (χ3v) is 2.94. The first-order chi connectivity index (χ1) is 8.06. The van der Waals surface area contributed by atoms with E-state index in [2.05, 4.69) is 4.98 Å².